The Morgan fingerprint density at radius 3 is 2.79 bits per heavy atom. The summed E-state index contributed by atoms with van der Waals surface area (Å²) >= 11 is 1.85. The van der Waals surface area contributed by atoms with Crippen molar-refractivity contribution in [1.82, 2.24) is 15.1 Å². The van der Waals surface area contributed by atoms with E-state index in [1.165, 1.54) is 16.2 Å². The highest BCUT2D eigenvalue weighted by molar-refractivity contribution is 7.98. The molecule has 0 radical (unpaired) electrons. The van der Waals surface area contributed by atoms with Crippen LogP contribution in [0.3, 0.4) is 0 Å². The van der Waals surface area contributed by atoms with Crippen LogP contribution in [0.2, 0.25) is 0 Å². The van der Waals surface area contributed by atoms with E-state index in [4.69, 9.17) is 0 Å². The predicted molar refractivity (Wildman–Crippen MR) is 81.4 cm³/mol. The van der Waals surface area contributed by atoms with Crippen molar-refractivity contribution in [2.75, 3.05) is 7.05 Å². The molecule has 1 aromatic carbocycles. The lowest BCUT2D eigenvalue weighted by molar-refractivity contribution is 0.651. The second-order valence-electron chi connectivity index (χ2n) is 4.77. The third-order valence-corrected chi connectivity index (χ3v) is 4.30. The highest BCUT2D eigenvalue weighted by atomic mass is 32.2. The van der Waals surface area contributed by atoms with E-state index < -0.39 is 0 Å². The molecule has 0 bridgehead atoms. The van der Waals surface area contributed by atoms with Gasteiger partial charge in [-0.3, -0.25) is 4.68 Å². The van der Waals surface area contributed by atoms with Gasteiger partial charge in [0.25, 0.3) is 0 Å². The average Bonchev–Trinajstić information content (AvgIpc) is 2.74. The summed E-state index contributed by atoms with van der Waals surface area (Å²) in [6, 6.07) is 11.3. The molecule has 0 amide bonds. The largest absolute Gasteiger partial charge is 0.313 e. The Morgan fingerprint density at radius 2 is 2.16 bits per heavy atom. The monoisotopic (exact) mass is 275 g/mol. The van der Waals surface area contributed by atoms with Gasteiger partial charge in [-0.2, -0.15) is 5.10 Å². The Labute approximate surface area is 119 Å². The summed E-state index contributed by atoms with van der Waals surface area (Å²) in [4.78, 5) is 1.30. The van der Waals surface area contributed by atoms with Gasteiger partial charge in [0.2, 0.25) is 0 Å². The highest BCUT2D eigenvalue weighted by Crippen LogP contribution is 2.25. The maximum absolute atomic E-state index is 4.38. The fraction of sp³-hybridized carbons (Fsp3) is 0.400. The second kappa shape index (κ2) is 6.26. The molecule has 2 aromatic rings. The van der Waals surface area contributed by atoms with Crippen LogP contribution in [0.25, 0.3) is 0 Å². The van der Waals surface area contributed by atoms with Crippen LogP contribution in [-0.4, -0.2) is 16.8 Å². The molecule has 0 saturated heterocycles. The van der Waals surface area contributed by atoms with E-state index >= 15 is 0 Å². The minimum atomic E-state index is 0.388. The van der Waals surface area contributed by atoms with Gasteiger partial charge in [0.1, 0.15) is 0 Å². The number of hydrogen-bond acceptors (Lipinski definition) is 3. The fourth-order valence-electron chi connectivity index (χ4n) is 2.00. The summed E-state index contributed by atoms with van der Waals surface area (Å²) in [5, 5.41) is 7.65. The van der Waals surface area contributed by atoms with Crippen LogP contribution in [-0.2, 0) is 12.8 Å². The Bertz CT molecular complexity index is 548. The first-order valence-electron chi connectivity index (χ1n) is 6.49. The van der Waals surface area contributed by atoms with Crippen molar-refractivity contribution in [1.29, 1.82) is 0 Å². The smallest absolute Gasteiger partial charge is 0.0596 e. The number of nitrogens with one attached hydrogen (secondary N) is 1. The van der Waals surface area contributed by atoms with E-state index in [0.29, 0.717) is 6.04 Å². The number of benzene rings is 1. The minimum absolute atomic E-state index is 0.388. The van der Waals surface area contributed by atoms with Crippen LogP contribution in [0.5, 0.6) is 0 Å². The van der Waals surface area contributed by atoms with Crippen LogP contribution in [0, 0.1) is 6.92 Å². The molecule has 0 aliphatic rings. The standard InChI is InChI=1S/C15H21N3S/c1-11-8-14(18(4)17-11)10-19-15-7-5-6-13(9-15)12(2)16-3/h5-9,12,16H,10H2,1-4H3. The zero-order chi connectivity index (χ0) is 13.8. The molecule has 0 aliphatic carbocycles. The third kappa shape index (κ3) is 3.61. The van der Waals surface area contributed by atoms with E-state index in [1.807, 2.05) is 37.5 Å². The maximum Gasteiger partial charge on any atom is 0.0596 e. The lowest BCUT2D eigenvalue weighted by Gasteiger charge is -2.11. The summed E-state index contributed by atoms with van der Waals surface area (Å²) in [7, 11) is 3.99. The molecule has 2 rings (SSSR count). The summed E-state index contributed by atoms with van der Waals surface area (Å²) in [6.07, 6.45) is 0. The Hall–Kier alpha value is -1.26. The zero-order valence-corrected chi connectivity index (χ0v) is 12.8. The number of thioether (sulfide) groups is 1. The number of aryl methyl sites for hydroxylation is 2. The molecule has 0 saturated carbocycles. The zero-order valence-electron chi connectivity index (χ0n) is 12.0. The predicted octanol–water partition coefficient (Wildman–Crippen LogP) is 3.30. The maximum atomic E-state index is 4.38. The highest BCUT2D eigenvalue weighted by Gasteiger charge is 2.06. The van der Waals surface area contributed by atoms with Crippen LogP contribution < -0.4 is 5.32 Å². The molecule has 19 heavy (non-hydrogen) atoms. The third-order valence-electron chi connectivity index (χ3n) is 3.28. The van der Waals surface area contributed by atoms with Gasteiger partial charge in [0.05, 0.1) is 5.69 Å². The normalized spacial score (nSPS) is 12.6. The molecule has 0 spiro atoms. The molecule has 1 heterocycles. The number of aromatic nitrogens is 2. The summed E-state index contributed by atoms with van der Waals surface area (Å²) in [5.41, 5.74) is 3.67. The van der Waals surface area contributed by atoms with Crippen molar-refractivity contribution in [3.63, 3.8) is 0 Å². The molecule has 0 fully saturated rings. The molecule has 0 aliphatic heterocycles. The van der Waals surface area contributed by atoms with Gasteiger partial charge in [-0.15, -0.1) is 11.8 Å². The van der Waals surface area contributed by atoms with Crippen molar-refractivity contribution in [3.8, 4) is 0 Å². The molecule has 3 nitrogen and oxygen atoms in total. The minimum Gasteiger partial charge on any atom is -0.313 e. The van der Waals surface area contributed by atoms with E-state index in [2.05, 4.69) is 47.7 Å². The van der Waals surface area contributed by atoms with Crippen molar-refractivity contribution in [2.45, 2.75) is 30.5 Å². The second-order valence-corrected chi connectivity index (χ2v) is 5.82. The first-order valence-corrected chi connectivity index (χ1v) is 7.48. The molecule has 1 aromatic heterocycles. The van der Waals surface area contributed by atoms with Crippen molar-refractivity contribution in [2.24, 2.45) is 7.05 Å². The first-order chi connectivity index (χ1) is 9.10. The first kappa shape index (κ1) is 14.2. The van der Waals surface area contributed by atoms with Gasteiger partial charge in [-0.25, -0.2) is 0 Å². The SMILES string of the molecule is CNC(C)c1cccc(SCc2cc(C)nn2C)c1. The summed E-state index contributed by atoms with van der Waals surface area (Å²) in [5.74, 6) is 0.953. The average molecular weight is 275 g/mol. The van der Waals surface area contributed by atoms with Crippen LogP contribution in [0.1, 0.15) is 29.9 Å². The lowest BCUT2D eigenvalue weighted by Crippen LogP contribution is -2.12. The molecular formula is C15H21N3S. The topological polar surface area (TPSA) is 29.9 Å². The van der Waals surface area contributed by atoms with E-state index in [9.17, 15) is 0 Å². The quantitative estimate of drug-likeness (QED) is 0.849. The number of rotatable bonds is 5. The summed E-state index contributed by atoms with van der Waals surface area (Å²) in [6.45, 7) is 4.21. The number of nitrogens with zero attached hydrogens (tertiary/aromatic N) is 2. The van der Waals surface area contributed by atoms with Crippen molar-refractivity contribution in [3.05, 3.63) is 47.3 Å². The van der Waals surface area contributed by atoms with E-state index in [1.54, 1.807) is 0 Å². The van der Waals surface area contributed by atoms with Crippen molar-refractivity contribution >= 4 is 11.8 Å². The van der Waals surface area contributed by atoms with Gasteiger partial charge >= 0.3 is 0 Å². The van der Waals surface area contributed by atoms with Gasteiger partial charge in [0, 0.05) is 29.4 Å². The molecule has 1 unspecified atom stereocenters. The van der Waals surface area contributed by atoms with Crippen LogP contribution in [0.4, 0.5) is 0 Å². The van der Waals surface area contributed by atoms with Gasteiger partial charge < -0.3 is 5.32 Å². The van der Waals surface area contributed by atoms with Crippen LogP contribution >= 0.6 is 11.8 Å². The van der Waals surface area contributed by atoms with Crippen molar-refractivity contribution < 1.29 is 0 Å². The Balaban J connectivity index is 2.05. The number of hydrogen-bond donors (Lipinski definition) is 1. The summed E-state index contributed by atoms with van der Waals surface area (Å²) < 4.78 is 1.96. The Kier molecular flexibility index (Phi) is 4.66. The molecule has 1 N–H and O–H groups in total. The van der Waals surface area contributed by atoms with Gasteiger partial charge in [-0.05, 0) is 44.7 Å². The molecule has 1 atom stereocenters. The van der Waals surface area contributed by atoms with E-state index in [0.717, 1.165) is 11.4 Å². The Morgan fingerprint density at radius 1 is 1.37 bits per heavy atom. The van der Waals surface area contributed by atoms with E-state index in [-0.39, 0.29) is 0 Å². The fourth-order valence-corrected chi connectivity index (χ4v) is 2.98. The van der Waals surface area contributed by atoms with Gasteiger partial charge in [-0.1, -0.05) is 12.1 Å². The lowest BCUT2D eigenvalue weighted by atomic mass is 10.1. The van der Waals surface area contributed by atoms with Gasteiger partial charge in [0.15, 0.2) is 0 Å². The molecule has 102 valence electrons. The van der Waals surface area contributed by atoms with Crippen LogP contribution in [0.15, 0.2) is 35.2 Å². The molecular weight excluding hydrogens is 254 g/mol. The molecule has 4 heteroatoms.